The van der Waals surface area contributed by atoms with Crippen LogP contribution in [0.1, 0.15) is 27.7 Å². The molecule has 0 amide bonds. The fraction of sp³-hybridized carbons (Fsp3) is 0.556. The number of hydrogen-bond donors (Lipinski definition) is 1. The van der Waals surface area contributed by atoms with Gasteiger partial charge in [-0.05, 0) is 0 Å². The number of rotatable bonds is 2. The average Bonchev–Trinajstić information content (AvgIpc) is 2.03. The van der Waals surface area contributed by atoms with Gasteiger partial charge in [0, 0.05) is 20.8 Å². The quantitative estimate of drug-likeness (QED) is 0.596. The molecule has 6 nitrogen and oxygen atoms in total. The summed E-state index contributed by atoms with van der Waals surface area (Å²) in [6.45, 7) is 5.69. The van der Waals surface area contributed by atoms with Crippen LogP contribution < -0.4 is 0 Å². The second-order valence-corrected chi connectivity index (χ2v) is 2.68. The number of carbonyl (C=O) groups excluding carboxylic acids is 3. The van der Waals surface area contributed by atoms with Crippen LogP contribution in [-0.2, 0) is 34.6 Å². The van der Waals surface area contributed by atoms with Gasteiger partial charge in [-0.2, -0.15) is 0 Å². The van der Waals surface area contributed by atoms with Crippen LogP contribution in [0.3, 0.4) is 0 Å². The first-order chi connectivity index (χ1) is 7.14. The van der Waals surface area contributed by atoms with Crippen molar-refractivity contribution in [3.8, 4) is 0 Å². The van der Waals surface area contributed by atoms with Gasteiger partial charge in [0.2, 0.25) is 0 Å². The van der Waals surface area contributed by atoms with E-state index in [0.717, 1.165) is 6.92 Å². The fourth-order valence-corrected chi connectivity index (χ4v) is 0.247. The van der Waals surface area contributed by atoms with Gasteiger partial charge in [0.1, 0.15) is 0 Å². The Morgan fingerprint density at radius 3 is 1.31 bits per heavy atom. The van der Waals surface area contributed by atoms with E-state index in [0.29, 0.717) is 6.61 Å². The summed E-state index contributed by atoms with van der Waals surface area (Å²) in [6, 6.07) is 0. The second kappa shape index (κ2) is 13.8. The summed E-state index contributed by atoms with van der Waals surface area (Å²) in [4.78, 5) is 37.7. The molecule has 0 saturated carbocycles. The van der Waals surface area contributed by atoms with Gasteiger partial charge in [0.25, 0.3) is 5.97 Å². The minimum atomic E-state index is -0.833. The van der Waals surface area contributed by atoms with Gasteiger partial charge in [-0.25, -0.2) is 0 Å². The van der Waals surface area contributed by atoms with Gasteiger partial charge >= 0.3 is 43.5 Å². The molecule has 0 atom stereocenters. The molecule has 0 aliphatic carbocycles. The standard InChI is InChI=1S/C4H6O2.C3H5O2.C2H4O2.Ni/c1-3(5)4(2)6;1-2-5-3-4;1-2(3)4;/h1-2H3;2H2,1H3;1H3,(H,3,4);. The summed E-state index contributed by atoms with van der Waals surface area (Å²) < 4.78 is 4.24. The van der Waals surface area contributed by atoms with Crippen LogP contribution in [0.5, 0.6) is 0 Å². The molecule has 97 valence electrons. The van der Waals surface area contributed by atoms with Gasteiger partial charge in [-0.15, -0.1) is 0 Å². The van der Waals surface area contributed by atoms with Crippen LogP contribution in [-0.4, -0.2) is 34.2 Å². The number of carbonyl (C=O) groups is 4. The van der Waals surface area contributed by atoms with E-state index in [1.54, 1.807) is 6.92 Å². The Bertz CT molecular complexity index is 232. The van der Waals surface area contributed by atoms with E-state index in [4.69, 9.17) is 9.90 Å². The van der Waals surface area contributed by atoms with Crippen LogP contribution in [0.4, 0.5) is 4.79 Å². The molecule has 0 aromatic heterocycles. The molecule has 16 heavy (non-hydrogen) atoms. The van der Waals surface area contributed by atoms with Crippen molar-refractivity contribution < 1.29 is 44.5 Å². The molecule has 0 unspecified atom stereocenters. The van der Waals surface area contributed by atoms with Crippen LogP contribution in [0.15, 0.2) is 0 Å². The maximum absolute atomic E-state index is 9.79. The van der Waals surface area contributed by atoms with Crippen molar-refractivity contribution in [3.05, 3.63) is 0 Å². The topological polar surface area (TPSA) is 97.7 Å². The van der Waals surface area contributed by atoms with E-state index in [2.05, 4.69) is 20.2 Å². The van der Waals surface area contributed by atoms with Crippen LogP contribution in [0.25, 0.3) is 0 Å². The number of carboxylic acids is 1. The zero-order valence-corrected chi connectivity index (χ0v) is 10.5. The molecule has 0 spiro atoms. The van der Waals surface area contributed by atoms with Crippen LogP contribution in [0.2, 0.25) is 0 Å². The molecule has 0 radical (unpaired) electrons. The van der Waals surface area contributed by atoms with Gasteiger partial charge < -0.3 is 5.11 Å². The van der Waals surface area contributed by atoms with Crippen LogP contribution in [0, 0.1) is 0 Å². The first-order valence-electron chi connectivity index (χ1n) is 4.15. The molecule has 0 aliphatic rings. The van der Waals surface area contributed by atoms with Crippen molar-refractivity contribution >= 4 is 22.5 Å². The Labute approximate surface area is 102 Å². The number of hydrogen-bond acceptors (Lipinski definition) is 5. The monoisotopic (exact) mass is 277 g/mol. The Kier molecular flexibility index (Phi) is 17.4. The molecule has 7 heteroatoms. The number of Topliss-reactive ketones (excluding diaryl/α,β-unsaturated/α-hetero) is 2. The molecule has 0 heterocycles. The van der Waals surface area contributed by atoms with Gasteiger partial charge in [0.05, 0.1) is 0 Å². The van der Waals surface area contributed by atoms with Crippen molar-refractivity contribution in [3.63, 3.8) is 0 Å². The molecule has 0 rings (SSSR count). The summed E-state index contributed by atoms with van der Waals surface area (Å²) in [5.41, 5.74) is 0. The van der Waals surface area contributed by atoms with E-state index in [9.17, 15) is 14.4 Å². The molecule has 0 bridgehead atoms. The molecule has 0 aromatic rings. The van der Waals surface area contributed by atoms with Gasteiger partial charge in [0.15, 0.2) is 11.6 Å². The predicted octanol–water partition coefficient (Wildman–Crippen LogP) is 0.945. The molecular formula is C9H15NiO6. The molecule has 0 aromatic carbocycles. The zero-order chi connectivity index (χ0) is 13.7. The number of ketones is 2. The number of carboxylic acid groups (broad SMARTS) is 1. The Morgan fingerprint density at radius 2 is 1.31 bits per heavy atom. The Morgan fingerprint density at radius 1 is 1.06 bits per heavy atom. The summed E-state index contributed by atoms with van der Waals surface area (Å²) in [5, 5.41) is 7.42. The van der Waals surface area contributed by atoms with E-state index >= 15 is 0 Å². The first-order valence-corrected chi connectivity index (χ1v) is 4.64. The molecule has 0 aliphatic heterocycles. The van der Waals surface area contributed by atoms with E-state index in [1.807, 2.05) is 0 Å². The Hall–Kier alpha value is -1.23. The third-order valence-corrected chi connectivity index (χ3v) is 0.887. The molecule has 0 fully saturated rings. The van der Waals surface area contributed by atoms with E-state index in [-0.39, 0.29) is 11.6 Å². The number of aliphatic carboxylic acids is 1. The van der Waals surface area contributed by atoms with Gasteiger partial charge in [-0.3, -0.25) is 14.4 Å². The van der Waals surface area contributed by atoms with Crippen molar-refractivity contribution in [1.29, 1.82) is 0 Å². The Balaban J connectivity index is -0.000000162. The fourth-order valence-electron chi connectivity index (χ4n) is 0.105. The minimum absolute atomic E-state index is 0.380. The normalized spacial score (nSPS) is 7.38. The van der Waals surface area contributed by atoms with Crippen molar-refractivity contribution in [2.75, 3.05) is 6.61 Å². The summed E-state index contributed by atoms with van der Waals surface area (Å²) >= 11 is 3.75. The molecule has 0 saturated heterocycles. The third-order valence-electron chi connectivity index (χ3n) is 0.745. The van der Waals surface area contributed by atoms with Crippen LogP contribution >= 0.6 is 0 Å². The van der Waals surface area contributed by atoms with E-state index < -0.39 is 10.9 Å². The summed E-state index contributed by atoms with van der Waals surface area (Å²) in [7, 11) is 0. The summed E-state index contributed by atoms with van der Waals surface area (Å²) in [5.74, 6) is -1.59. The average molecular weight is 278 g/mol. The van der Waals surface area contributed by atoms with Crippen molar-refractivity contribution in [2.24, 2.45) is 0 Å². The third kappa shape index (κ3) is 53.1. The zero-order valence-electron chi connectivity index (χ0n) is 9.51. The molecule has 1 N–H and O–H groups in total. The second-order valence-electron chi connectivity index (χ2n) is 2.28. The SMILES string of the molecule is CC(=O)C(C)=O.CC(=O)O.CCO[C](=O)[Ni]. The number of ether oxygens (including phenoxy) is 1. The maximum atomic E-state index is 9.79. The van der Waals surface area contributed by atoms with Gasteiger partial charge in [-0.1, -0.05) is 0 Å². The molecular weight excluding hydrogens is 263 g/mol. The van der Waals surface area contributed by atoms with Crippen molar-refractivity contribution in [2.45, 2.75) is 27.7 Å². The van der Waals surface area contributed by atoms with Crippen molar-refractivity contribution in [1.82, 2.24) is 0 Å². The predicted molar refractivity (Wildman–Crippen MR) is 51.7 cm³/mol. The first kappa shape index (κ1) is 20.2. The summed E-state index contributed by atoms with van der Waals surface area (Å²) in [6.07, 6.45) is 0. The van der Waals surface area contributed by atoms with E-state index in [1.165, 1.54) is 13.8 Å².